The number of ether oxygens (including phenoxy) is 2. The molecular weight excluding hydrogens is 529 g/mol. The second-order valence-corrected chi connectivity index (χ2v) is 11.4. The lowest BCUT2D eigenvalue weighted by Crippen LogP contribution is -2.13. The minimum absolute atomic E-state index is 0.129. The highest BCUT2D eigenvalue weighted by molar-refractivity contribution is 8.03. The minimum atomic E-state index is -0.129. The van der Waals surface area contributed by atoms with Gasteiger partial charge in [-0.25, -0.2) is 0 Å². The fourth-order valence-electron chi connectivity index (χ4n) is 2.90. The molecule has 0 radical (unpaired) electrons. The van der Waals surface area contributed by atoms with Gasteiger partial charge in [-0.05, 0) is 61.4 Å². The van der Waals surface area contributed by atoms with Crippen LogP contribution in [0.15, 0.2) is 57.2 Å². The summed E-state index contributed by atoms with van der Waals surface area (Å²) in [6, 6.07) is 14.7. The third-order valence-electron chi connectivity index (χ3n) is 4.85. The number of unbranched alkanes of at least 4 members (excludes halogenated alkanes) is 2. The van der Waals surface area contributed by atoms with Crippen molar-refractivity contribution in [2.75, 3.05) is 35.4 Å². The largest absolute Gasteiger partial charge is 0.494 e. The van der Waals surface area contributed by atoms with Gasteiger partial charge in [0.2, 0.25) is 11.8 Å². The molecule has 3 rings (SSSR count). The van der Waals surface area contributed by atoms with Crippen LogP contribution in [0.2, 0.25) is 0 Å². The number of aromatic nitrogens is 2. The summed E-state index contributed by atoms with van der Waals surface area (Å²) < 4.78 is 12.6. The normalized spacial score (nSPS) is 10.6. The van der Waals surface area contributed by atoms with E-state index in [9.17, 15) is 9.59 Å². The molecule has 0 aliphatic carbocycles. The van der Waals surface area contributed by atoms with Gasteiger partial charge in [0.25, 0.3) is 0 Å². The van der Waals surface area contributed by atoms with E-state index in [2.05, 4.69) is 34.7 Å². The molecule has 0 atom stereocenters. The Bertz CT molecular complexity index is 1020. The maximum absolute atomic E-state index is 12.3. The summed E-state index contributed by atoms with van der Waals surface area (Å²) in [4.78, 5) is 24.6. The summed E-state index contributed by atoms with van der Waals surface area (Å²) in [5.41, 5.74) is 1.43. The monoisotopic (exact) mass is 560 g/mol. The van der Waals surface area contributed by atoms with Crippen LogP contribution in [0.3, 0.4) is 0 Å². The molecule has 0 fully saturated rings. The van der Waals surface area contributed by atoms with Crippen LogP contribution in [-0.2, 0) is 9.59 Å². The van der Waals surface area contributed by atoms with E-state index in [0.717, 1.165) is 37.2 Å². The van der Waals surface area contributed by atoms with Crippen LogP contribution in [-0.4, -0.2) is 46.7 Å². The topological polar surface area (TPSA) is 102 Å². The molecule has 198 valence electrons. The van der Waals surface area contributed by atoms with Crippen LogP contribution in [0.1, 0.15) is 39.5 Å². The SMILES string of the molecule is CCCCOc1ccc(NC(=O)CSc2nnc(SCC(=O)Nc3ccc(OCCCC)cc3)s2)cc1. The summed E-state index contributed by atoms with van der Waals surface area (Å²) >= 11 is 3.99. The lowest BCUT2D eigenvalue weighted by molar-refractivity contribution is -0.114. The molecule has 8 nitrogen and oxygen atoms in total. The van der Waals surface area contributed by atoms with E-state index in [1.165, 1.54) is 34.9 Å². The average Bonchev–Trinajstić information content (AvgIpc) is 3.37. The molecule has 0 saturated carbocycles. The Labute approximate surface area is 230 Å². The van der Waals surface area contributed by atoms with Crippen molar-refractivity contribution in [2.45, 2.75) is 48.2 Å². The molecule has 0 aliphatic heterocycles. The Hall–Kier alpha value is -2.76. The number of rotatable bonds is 16. The van der Waals surface area contributed by atoms with Crippen LogP contribution in [0.5, 0.6) is 11.5 Å². The van der Waals surface area contributed by atoms with Crippen molar-refractivity contribution in [3.8, 4) is 11.5 Å². The first-order chi connectivity index (χ1) is 18.1. The van der Waals surface area contributed by atoms with E-state index in [1.807, 2.05) is 48.5 Å². The van der Waals surface area contributed by atoms with Gasteiger partial charge in [-0.15, -0.1) is 10.2 Å². The summed E-state index contributed by atoms with van der Waals surface area (Å²) in [5, 5.41) is 14.0. The first kappa shape index (κ1) is 28.8. The van der Waals surface area contributed by atoms with Crippen LogP contribution in [0, 0.1) is 0 Å². The van der Waals surface area contributed by atoms with Gasteiger partial charge in [-0.2, -0.15) is 0 Å². The standard InChI is InChI=1S/C26H32N4O4S3/c1-3-5-15-33-21-11-7-19(8-12-21)27-23(31)17-35-25-29-30-26(37-25)36-18-24(32)28-20-9-13-22(14-10-20)34-16-6-4-2/h7-14H,3-6,15-18H2,1-2H3,(H,27,31)(H,28,32). The number of carbonyl (C=O) groups is 2. The minimum Gasteiger partial charge on any atom is -0.494 e. The van der Waals surface area contributed by atoms with E-state index in [4.69, 9.17) is 9.47 Å². The molecule has 2 aromatic carbocycles. The summed E-state index contributed by atoms with van der Waals surface area (Å²) in [5.74, 6) is 1.75. The van der Waals surface area contributed by atoms with Crippen molar-refractivity contribution in [1.29, 1.82) is 0 Å². The molecule has 1 aromatic heterocycles. The Morgan fingerprint density at radius 2 is 1.14 bits per heavy atom. The molecule has 0 bridgehead atoms. The van der Waals surface area contributed by atoms with Gasteiger partial charge in [-0.1, -0.05) is 61.5 Å². The number of anilines is 2. The highest BCUT2D eigenvalue weighted by Crippen LogP contribution is 2.29. The van der Waals surface area contributed by atoms with Gasteiger partial charge in [0.15, 0.2) is 8.68 Å². The number of thioether (sulfide) groups is 2. The number of hydrogen-bond donors (Lipinski definition) is 2. The molecule has 37 heavy (non-hydrogen) atoms. The molecular formula is C26H32N4O4S3. The smallest absolute Gasteiger partial charge is 0.234 e. The van der Waals surface area contributed by atoms with Gasteiger partial charge in [-0.3, -0.25) is 9.59 Å². The molecule has 0 saturated heterocycles. The average molecular weight is 561 g/mol. The molecule has 2 amide bonds. The highest BCUT2D eigenvalue weighted by Gasteiger charge is 2.11. The van der Waals surface area contributed by atoms with Crippen LogP contribution >= 0.6 is 34.9 Å². The second-order valence-electron chi connectivity index (χ2n) is 7.96. The predicted molar refractivity (Wildman–Crippen MR) is 152 cm³/mol. The number of nitrogens with zero attached hydrogens (tertiary/aromatic N) is 2. The lowest BCUT2D eigenvalue weighted by Gasteiger charge is -2.07. The molecule has 3 aromatic rings. The second kappa shape index (κ2) is 16.2. The molecule has 1 heterocycles. The first-order valence-electron chi connectivity index (χ1n) is 12.2. The maximum atomic E-state index is 12.3. The summed E-state index contributed by atoms with van der Waals surface area (Å²) in [6.07, 6.45) is 4.19. The van der Waals surface area contributed by atoms with Crippen molar-refractivity contribution in [3.05, 3.63) is 48.5 Å². The third-order valence-corrected chi connectivity index (χ3v) is 8.04. The predicted octanol–water partition coefficient (Wildman–Crippen LogP) is 6.36. The van der Waals surface area contributed by atoms with E-state index in [1.54, 1.807) is 0 Å². The van der Waals surface area contributed by atoms with Crippen molar-refractivity contribution in [3.63, 3.8) is 0 Å². The maximum Gasteiger partial charge on any atom is 0.234 e. The Balaban J connectivity index is 1.34. The Morgan fingerprint density at radius 3 is 1.51 bits per heavy atom. The van der Waals surface area contributed by atoms with E-state index in [-0.39, 0.29) is 23.3 Å². The highest BCUT2D eigenvalue weighted by atomic mass is 32.2. The van der Waals surface area contributed by atoms with Crippen LogP contribution in [0.4, 0.5) is 11.4 Å². The van der Waals surface area contributed by atoms with Crippen LogP contribution < -0.4 is 20.1 Å². The van der Waals surface area contributed by atoms with Gasteiger partial charge in [0, 0.05) is 11.4 Å². The molecule has 11 heteroatoms. The first-order valence-corrected chi connectivity index (χ1v) is 15.0. The van der Waals surface area contributed by atoms with Crippen molar-refractivity contribution >= 4 is 58.0 Å². The van der Waals surface area contributed by atoms with Crippen molar-refractivity contribution in [2.24, 2.45) is 0 Å². The van der Waals surface area contributed by atoms with Gasteiger partial charge < -0.3 is 20.1 Å². The van der Waals surface area contributed by atoms with E-state index >= 15 is 0 Å². The van der Waals surface area contributed by atoms with Gasteiger partial charge in [0.1, 0.15) is 11.5 Å². The fraction of sp³-hybridized carbons (Fsp3) is 0.385. The number of amides is 2. The van der Waals surface area contributed by atoms with Crippen molar-refractivity contribution < 1.29 is 19.1 Å². The molecule has 0 unspecified atom stereocenters. The molecule has 2 N–H and O–H groups in total. The quantitative estimate of drug-likeness (QED) is 0.154. The van der Waals surface area contributed by atoms with Crippen LogP contribution in [0.25, 0.3) is 0 Å². The zero-order valence-electron chi connectivity index (χ0n) is 21.0. The number of carbonyl (C=O) groups excluding carboxylic acids is 2. The zero-order valence-corrected chi connectivity index (χ0v) is 23.5. The number of hydrogen-bond acceptors (Lipinski definition) is 9. The van der Waals surface area contributed by atoms with E-state index in [0.29, 0.717) is 33.3 Å². The Morgan fingerprint density at radius 1 is 0.730 bits per heavy atom. The zero-order chi connectivity index (χ0) is 26.3. The molecule has 0 spiro atoms. The fourth-order valence-corrected chi connectivity index (χ4v) is 5.52. The number of nitrogens with one attached hydrogen (secondary N) is 2. The third kappa shape index (κ3) is 11.0. The molecule has 0 aliphatic rings. The van der Waals surface area contributed by atoms with Crippen molar-refractivity contribution in [1.82, 2.24) is 10.2 Å². The van der Waals surface area contributed by atoms with E-state index < -0.39 is 0 Å². The Kier molecular flexibility index (Phi) is 12.6. The van der Waals surface area contributed by atoms with Gasteiger partial charge in [0.05, 0.1) is 24.7 Å². The summed E-state index contributed by atoms with van der Waals surface area (Å²) in [7, 11) is 0. The van der Waals surface area contributed by atoms with Gasteiger partial charge >= 0.3 is 0 Å². The number of benzene rings is 2. The summed E-state index contributed by atoms with van der Waals surface area (Å²) in [6.45, 7) is 5.61. The lowest BCUT2D eigenvalue weighted by atomic mass is 10.3.